The van der Waals surface area contributed by atoms with Crippen LogP contribution in [-0.4, -0.2) is 48.8 Å². The molecule has 1 atom stereocenters. The van der Waals surface area contributed by atoms with Gasteiger partial charge in [-0.05, 0) is 12.1 Å². The van der Waals surface area contributed by atoms with Crippen LogP contribution in [0.2, 0.25) is 0 Å². The van der Waals surface area contributed by atoms with E-state index in [1.54, 1.807) is 31.3 Å². The van der Waals surface area contributed by atoms with Gasteiger partial charge in [0, 0.05) is 7.05 Å². The summed E-state index contributed by atoms with van der Waals surface area (Å²) in [7, 11) is 3.06. The number of hydrogen-bond donors (Lipinski definition) is 1. The molecule has 0 aromatic heterocycles. The normalized spacial score (nSPS) is 19.2. The van der Waals surface area contributed by atoms with Crippen LogP contribution in [0.1, 0.15) is 0 Å². The highest BCUT2D eigenvalue weighted by Crippen LogP contribution is 2.32. The fourth-order valence-electron chi connectivity index (χ4n) is 2.02. The zero-order chi connectivity index (χ0) is 13.3. The molecule has 0 radical (unpaired) electrons. The topological polar surface area (TPSA) is 70.1 Å². The maximum atomic E-state index is 12.0. The number of anilines is 1. The lowest BCUT2D eigenvalue weighted by molar-refractivity contribution is -0.138. The lowest BCUT2D eigenvalue weighted by atomic mass is 10.2. The van der Waals surface area contributed by atoms with Crippen LogP contribution in [-0.2, 0) is 4.79 Å². The van der Waals surface area contributed by atoms with Gasteiger partial charge in [0.2, 0.25) is 0 Å². The summed E-state index contributed by atoms with van der Waals surface area (Å²) in [6, 6.07) is 5.64. The van der Waals surface area contributed by atoms with Gasteiger partial charge in [0.05, 0.1) is 19.3 Å². The van der Waals surface area contributed by atoms with Crippen molar-refractivity contribution in [2.24, 2.45) is 0 Å². The molecule has 2 rings (SSSR count). The second-order valence-corrected chi connectivity index (χ2v) is 4.06. The number of rotatable bonds is 3. The van der Waals surface area contributed by atoms with Gasteiger partial charge in [0.25, 0.3) is 0 Å². The van der Waals surface area contributed by atoms with Crippen LogP contribution in [0, 0.1) is 0 Å². The molecule has 1 unspecified atom stereocenters. The Bertz CT molecular complexity index is 489. The van der Waals surface area contributed by atoms with Crippen molar-refractivity contribution in [1.29, 1.82) is 0 Å². The van der Waals surface area contributed by atoms with Crippen LogP contribution in [0.4, 0.5) is 10.5 Å². The van der Waals surface area contributed by atoms with Crippen molar-refractivity contribution >= 4 is 17.7 Å². The quantitative estimate of drug-likeness (QED) is 0.869. The maximum Gasteiger partial charge on any atom is 0.328 e. The molecule has 0 aliphatic carbocycles. The van der Waals surface area contributed by atoms with Crippen LogP contribution < -0.4 is 9.64 Å². The third kappa shape index (κ3) is 1.85. The van der Waals surface area contributed by atoms with E-state index < -0.39 is 12.0 Å². The van der Waals surface area contributed by atoms with Crippen LogP contribution in [0.3, 0.4) is 0 Å². The second-order valence-electron chi connectivity index (χ2n) is 4.06. The first-order valence-corrected chi connectivity index (χ1v) is 5.46. The number of urea groups is 1. The number of aliphatic carboxylic acids is 1. The Morgan fingerprint density at radius 3 is 2.72 bits per heavy atom. The van der Waals surface area contributed by atoms with E-state index in [-0.39, 0.29) is 12.6 Å². The van der Waals surface area contributed by atoms with Gasteiger partial charge in [-0.1, -0.05) is 12.1 Å². The minimum atomic E-state index is -1.03. The van der Waals surface area contributed by atoms with Crippen LogP contribution in [0.5, 0.6) is 5.75 Å². The molecule has 1 aromatic rings. The minimum Gasteiger partial charge on any atom is -0.495 e. The Kier molecular flexibility index (Phi) is 3.10. The molecular weight excluding hydrogens is 236 g/mol. The number of carbonyl (C=O) groups is 2. The van der Waals surface area contributed by atoms with Crippen molar-refractivity contribution in [3.8, 4) is 5.75 Å². The molecule has 1 aliphatic rings. The number of methoxy groups -OCH3 is 1. The summed E-state index contributed by atoms with van der Waals surface area (Å²) < 4.78 is 5.16. The fourth-order valence-corrected chi connectivity index (χ4v) is 2.02. The van der Waals surface area contributed by atoms with Gasteiger partial charge >= 0.3 is 12.0 Å². The van der Waals surface area contributed by atoms with Crippen molar-refractivity contribution in [1.82, 2.24) is 4.90 Å². The highest BCUT2D eigenvalue weighted by Gasteiger charge is 2.41. The van der Waals surface area contributed by atoms with Crippen molar-refractivity contribution in [2.45, 2.75) is 6.04 Å². The molecule has 1 heterocycles. The number of carboxylic acids is 1. The SMILES string of the molecule is COc1ccccc1N1C(=O)N(C)CC1C(=O)O. The number of benzene rings is 1. The summed E-state index contributed by atoms with van der Waals surface area (Å²) >= 11 is 0. The predicted octanol–water partition coefficient (Wildman–Crippen LogP) is 1.02. The number of para-hydroxylation sites is 2. The van der Waals surface area contributed by atoms with Crippen LogP contribution >= 0.6 is 0 Å². The number of likely N-dealkylation sites (N-methyl/N-ethyl adjacent to an activating group) is 1. The van der Waals surface area contributed by atoms with E-state index in [1.165, 1.54) is 16.9 Å². The molecule has 0 bridgehead atoms. The Labute approximate surface area is 104 Å². The monoisotopic (exact) mass is 250 g/mol. The first-order chi connectivity index (χ1) is 8.56. The molecule has 1 N–H and O–H groups in total. The molecule has 18 heavy (non-hydrogen) atoms. The third-order valence-corrected chi connectivity index (χ3v) is 2.92. The van der Waals surface area contributed by atoms with E-state index in [0.717, 1.165) is 0 Å². The van der Waals surface area contributed by atoms with E-state index >= 15 is 0 Å². The average Bonchev–Trinajstić information content (AvgIpc) is 2.66. The predicted molar refractivity (Wildman–Crippen MR) is 64.9 cm³/mol. The summed E-state index contributed by atoms with van der Waals surface area (Å²) in [5, 5.41) is 9.18. The first-order valence-electron chi connectivity index (χ1n) is 5.46. The Balaban J connectivity index is 2.46. The summed E-state index contributed by atoms with van der Waals surface area (Å²) in [6.45, 7) is 0.159. The lowest BCUT2D eigenvalue weighted by Crippen LogP contribution is -2.39. The molecular formula is C12H14N2O4. The minimum absolute atomic E-state index is 0.159. The van der Waals surface area contributed by atoms with Crippen molar-refractivity contribution in [3.63, 3.8) is 0 Å². The van der Waals surface area contributed by atoms with Crippen LogP contribution in [0.25, 0.3) is 0 Å². The molecule has 1 fully saturated rings. The van der Waals surface area contributed by atoms with Gasteiger partial charge < -0.3 is 14.7 Å². The zero-order valence-electron chi connectivity index (χ0n) is 10.2. The molecule has 1 aliphatic heterocycles. The Morgan fingerprint density at radius 2 is 2.11 bits per heavy atom. The molecule has 96 valence electrons. The maximum absolute atomic E-state index is 12.0. The first kappa shape index (κ1) is 12.2. The van der Waals surface area contributed by atoms with Crippen molar-refractivity contribution in [2.75, 3.05) is 25.6 Å². The molecule has 1 aromatic carbocycles. The summed E-state index contributed by atoms with van der Waals surface area (Å²) in [6.07, 6.45) is 0. The lowest BCUT2D eigenvalue weighted by Gasteiger charge is -2.22. The average molecular weight is 250 g/mol. The molecule has 6 nitrogen and oxygen atoms in total. The van der Waals surface area contributed by atoms with Crippen LogP contribution in [0.15, 0.2) is 24.3 Å². The van der Waals surface area contributed by atoms with Gasteiger partial charge in [-0.2, -0.15) is 0 Å². The van der Waals surface area contributed by atoms with E-state index in [2.05, 4.69) is 0 Å². The second kappa shape index (κ2) is 4.56. The number of carbonyl (C=O) groups excluding carboxylic acids is 1. The standard InChI is InChI=1S/C12H14N2O4/c1-13-7-9(11(15)16)14(12(13)17)8-5-3-4-6-10(8)18-2/h3-6,9H,7H2,1-2H3,(H,15,16). The van der Waals surface area contributed by atoms with E-state index in [1.807, 2.05) is 0 Å². The fraction of sp³-hybridized carbons (Fsp3) is 0.333. The summed E-state index contributed by atoms with van der Waals surface area (Å²) in [5.74, 6) is -0.550. The van der Waals surface area contributed by atoms with E-state index in [4.69, 9.17) is 4.74 Å². The highest BCUT2D eigenvalue weighted by atomic mass is 16.5. The molecule has 0 saturated carbocycles. The largest absolute Gasteiger partial charge is 0.495 e. The number of carboxylic acid groups (broad SMARTS) is 1. The molecule has 1 saturated heterocycles. The van der Waals surface area contributed by atoms with Gasteiger partial charge in [0.15, 0.2) is 6.04 Å². The Hall–Kier alpha value is -2.24. The molecule has 0 spiro atoms. The number of amides is 2. The smallest absolute Gasteiger partial charge is 0.328 e. The summed E-state index contributed by atoms with van der Waals surface area (Å²) in [4.78, 5) is 25.9. The highest BCUT2D eigenvalue weighted by molar-refractivity contribution is 6.02. The van der Waals surface area contributed by atoms with Gasteiger partial charge in [-0.3, -0.25) is 4.90 Å². The van der Waals surface area contributed by atoms with E-state index in [0.29, 0.717) is 11.4 Å². The van der Waals surface area contributed by atoms with Crippen molar-refractivity contribution < 1.29 is 19.4 Å². The number of ether oxygens (including phenoxy) is 1. The number of nitrogens with zero attached hydrogens (tertiary/aromatic N) is 2. The molecule has 6 heteroatoms. The zero-order valence-corrected chi connectivity index (χ0v) is 10.2. The Morgan fingerprint density at radius 1 is 1.44 bits per heavy atom. The van der Waals surface area contributed by atoms with E-state index in [9.17, 15) is 14.7 Å². The number of hydrogen-bond acceptors (Lipinski definition) is 3. The third-order valence-electron chi connectivity index (χ3n) is 2.92. The van der Waals surface area contributed by atoms with Gasteiger partial charge in [-0.25, -0.2) is 9.59 Å². The van der Waals surface area contributed by atoms with Crippen molar-refractivity contribution in [3.05, 3.63) is 24.3 Å². The van der Waals surface area contributed by atoms with Gasteiger partial charge in [0.1, 0.15) is 5.75 Å². The molecule has 2 amide bonds. The van der Waals surface area contributed by atoms with Gasteiger partial charge in [-0.15, -0.1) is 0 Å². The summed E-state index contributed by atoms with van der Waals surface area (Å²) in [5.41, 5.74) is 0.474.